The molecule has 1 heterocycles. The summed E-state index contributed by atoms with van der Waals surface area (Å²) >= 11 is 7.59. The predicted molar refractivity (Wildman–Crippen MR) is 90.1 cm³/mol. The summed E-state index contributed by atoms with van der Waals surface area (Å²) in [4.78, 5) is 13.1. The van der Waals surface area contributed by atoms with Gasteiger partial charge in [0, 0.05) is 16.1 Å². The van der Waals surface area contributed by atoms with Gasteiger partial charge >= 0.3 is 0 Å². The number of rotatable bonds is 2. The second kappa shape index (κ2) is 5.18. The maximum absolute atomic E-state index is 12.5. The number of hydrogen-bond acceptors (Lipinski definition) is 3. The van der Waals surface area contributed by atoms with Gasteiger partial charge in [0.05, 0.1) is 10.7 Å². The molecule has 1 amide bonds. The zero-order valence-electron chi connectivity index (χ0n) is 12.2. The molecule has 21 heavy (non-hydrogen) atoms. The van der Waals surface area contributed by atoms with Crippen molar-refractivity contribution in [2.24, 2.45) is 5.41 Å². The van der Waals surface area contributed by atoms with E-state index in [0.717, 1.165) is 29.3 Å². The number of hydrogen-bond donors (Lipinski definition) is 2. The molecule has 0 aliphatic heterocycles. The average Bonchev–Trinajstić information content (AvgIpc) is 2.91. The van der Waals surface area contributed by atoms with Crippen LogP contribution in [0.1, 0.15) is 42.8 Å². The van der Waals surface area contributed by atoms with Crippen LogP contribution in [0, 0.1) is 5.41 Å². The molecule has 0 bridgehead atoms. The van der Waals surface area contributed by atoms with E-state index >= 15 is 0 Å². The van der Waals surface area contributed by atoms with Crippen molar-refractivity contribution in [1.82, 2.24) is 5.32 Å². The fraction of sp³-hybridized carbons (Fsp3) is 0.438. The van der Waals surface area contributed by atoms with Crippen molar-refractivity contribution in [2.75, 3.05) is 5.73 Å². The minimum Gasteiger partial charge on any atom is -0.397 e. The number of amides is 1. The van der Waals surface area contributed by atoms with Gasteiger partial charge in [0.1, 0.15) is 4.88 Å². The first-order chi connectivity index (χ1) is 9.87. The van der Waals surface area contributed by atoms with E-state index in [9.17, 15) is 4.79 Å². The Labute approximate surface area is 133 Å². The third kappa shape index (κ3) is 2.74. The van der Waals surface area contributed by atoms with Crippen molar-refractivity contribution in [3.05, 3.63) is 28.1 Å². The van der Waals surface area contributed by atoms with Crippen LogP contribution in [0.4, 0.5) is 5.69 Å². The molecule has 1 aromatic carbocycles. The molecule has 1 fully saturated rings. The number of nitrogens with one attached hydrogen (secondary N) is 1. The molecule has 5 heteroatoms. The van der Waals surface area contributed by atoms with Crippen LogP contribution in [0.3, 0.4) is 0 Å². The van der Waals surface area contributed by atoms with E-state index in [1.807, 2.05) is 12.1 Å². The lowest BCUT2D eigenvalue weighted by Gasteiger charge is -2.17. The van der Waals surface area contributed by atoms with Gasteiger partial charge < -0.3 is 11.1 Å². The summed E-state index contributed by atoms with van der Waals surface area (Å²) in [6.07, 6.45) is 3.19. The summed E-state index contributed by atoms with van der Waals surface area (Å²) in [5, 5.41) is 4.51. The monoisotopic (exact) mass is 322 g/mol. The van der Waals surface area contributed by atoms with E-state index in [0.29, 0.717) is 21.0 Å². The molecule has 1 atom stereocenters. The molecule has 1 unspecified atom stereocenters. The Morgan fingerprint density at radius 1 is 1.48 bits per heavy atom. The Bertz CT molecular complexity index is 708. The molecule has 3 rings (SSSR count). The third-order valence-electron chi connectivity index (χ3n) is 4.21. The van der Waals surface area contributed by atoms with Crippen molar-refractivity contribution in [1.29, 1.82) is 0 Å². The second-order valence-electron chi connectivity index (χ2n) is 6.54. The minimum absolute atomic E-state index is 0.0764. The minimum atomic E-state index is -0.0764. The Balaban J connectivity index is 1.86. The van der Waals surface area contributed by atoms with Crippen molar-refractivity contribution in [2.45, 2.75) is 39.2 Å². The van der Waals surface area contributed by atoms with Gasteiger partial charge in [0.25, 0.3) is 5.91 Å². The Morgan fingerprint density at radius 2 is 2.24 bits per heavy atom. The zero-order chi connectivity index (χ0) is 15.2. The Morgan fingerprint density at radius 3 is 2.86 bits per heavy atom. The highest BCUT2D eigenvalue weighted by molar-refractivity contribution is 7.21. The van der Waals surface area contributed by atoms with E-state index in [1.54, 1.807) is 6.07 Å². The molecule has 0 radical (unpaired) electrons. The van der Waals surface area contributed by atoms with E-state index in [4.69, 9.17) is 17.3 Å². The van der Waals surface area contributed by atoms with Crippen molar-refractivity contribution in [3.63, 3.8) is 0 Å². The molecule has 2 aromatic rings. The van der Waals surface area contributed by atoms with Gasteiger partial charge in [0.15, 0.2) is 0 Å². The van der Waals surface area contributed by atoms with Crippen LogP contribution in [0.2, 0.25) is 5.02 Å². The van der Waals surface area contributed by atoms with Crippen LogP contribution in [-0.4, -0.2) is 11.9 Å². The van der Waals surface area contributed by atoms with Crippen molar-refractivity contribution in [3.8, 4) is 0 Å². The van der Waals surface area contributed by atoms with Crippen LogP contribution in [0.15, 0.2) is 18.2 Å². The molecule has 0 saturated heterocycles. The topological polar surface area (TPSA) is 55.1 Å². The molecular formula is C16H19ClN2OS. The highest BCUT2D eigenvalue weighted by Crippen LogP contribution is 2.39. The lowest BCUT2D eigenvalue weighted by Crippen LogP contribution is -2.33. The first-order valence-corrected chi connectivity index (χ1v) is 8.34. The SMILES string of the molecule is CC1(C)CCC(NC(=O)c2sc3cccc(Cl)c3c2N)C1. The van der Waals surface area contributed by atoms with E-state index in [1.165, 1.54) is 11.3 Å². The molecule has 1 aliphatic carbocycles. The Hall–Kier alpha value is -1.26. The van der Waals surface area contributed by atoms with Crippen LogP contribution >= 0.6 is 22.9 Å². The van der Waals surface area contributed by atoms with Gasteiger partial charge in [-0.1, -0.05) is 31.5 Å². The van der Waals surface area contributed by atoms with Gasteiger partial charge in [-0.15, -0.1) is 11.3 Å². The van der Waals surface area contributed by atoms with Gasteiger partial charge in [-0.3, -0.25) is 4.79 Å². The molecule has 1 aromatic heterocycles. The van der Waals surface area contributed by atoms with Crippen LogP contribution in [0.25, 0.3) is 10.1 Å². The van der Waals surface area contributed by atoms with Crippen LogP contribution in [-0.2, 0) is 0 Å². The van der Waals surface area contributed by atoms with Gasteiger partial charge in [-0.2, -0.15) is 0 Å². The number of benzene rings is 1. The Kier molecular flexibility index (Phi) is 3.62. The molecule has 1 aliphatic rings. The van der Waals surface area contributed by atoms with E-state index < -0.39 is 0 Å². The summed E-state index contributed by atoms with van der Waals surface area (Å²) < 4.78 is 0.955. The molecule has 1 saturated carbocycles. The molecule has 0 spiro atoms. The first kappa shape index (κ1) is 14.7. The summed E-state index contributed by atoms with van der Waals surface area (Å²) in [5.74, 6) is -0.0764. The molecule has 3 N–H and O–H groups in total. The summed E-state index contributed by atoms with van der Waals surface area (Å²) in [6, 6.07) is 5.86. The maximum atomic E-state index is 12.5. The lowest BCUT2D eigenvalue weighted by atomic mass is 9.92. The average molecular weight is 323 g/mol. The number of carbonyl (C=O) groups is 1. The number of halogens is 1. The largest absolute Gasteiger partial charge is 0.397 e. The van der Waals surface area contributed by atoms with E-state index in [2.05, 4.69) is 19.2 Å². The third-order valence-corrected chi connectivity index (χ3v) is 5.70. The predicted octanol–water partition coefficient (Wildman–Crippen LogP) is 4.45. The summed E-state index contributed by atoms with van der Waals surface area (Å²) in [6.45, 7) is 4.49. The standard InChI is InChI=1S/C16H19ClN2OS/c1-16(2)7-6-9(8-16)19-15(20)14-13(18)12-10(17)4-3-5-11(12)21-14/h3-5,9H,6-8,18H2,1-2H3,(H,19,20). The number of nitrogen functional groups attached to an aromatic ring is 1. The lowest BCUT2D eigenvalue weighted by molar-refractivity contribution is 0.0941. The van der Waals surface area contributed by atoms with Gasteiger partial charge in [-0.05, 0) is 36.8 Å². The molecule has 112 valence electrons. The first-order valence-electron chi connectivity index (χ1n) is 7.15. The fourth-order valence-electron chi connectivity index (χ4n) is 3.11. The molecular weight excluding hydrogens is 304 g/mol. The summed E-state index contributed by atoms with van der Waals surface area (Å²) in [7, 11) is 0. The molecule has 3 nitrogen and oxygen atoms in total. The van der Waals surface area contributed by atoms with Crippen LogP contribution < -0.4 is 11.1 Å². The second-order valence-corrected chi connectivity index (χ2v) is 7.99. The normalized spacial score (nSPS) is 20.8. The number of nitrogens with two attached hydrogens (primary N) is 1. The van der Waals surface area contributed by atoms with Gasteiger partial charge in [-0.25, -0.2) is 0 Å². The number of thiophene rings is 1. The van der Waals surface area contributed by atoms with Crippen molar-refractivity contribution < 1.29 is 4.79 Å². The number of anilines is 1. The highest BCUT2D eigenvalue weighted by atomic mass is 35.5. The van der Waals surface area contributed by atoms with Crippen LogP contribution in [0.5, 0.6) is 0 Å². The fourth-order valence-corrected chi connectivity index (χ4v) is 4.49. The highest BCUT2D eigenvalue weighted by Gasteiger charge is 2.32. The zero-order valence-corrected chi connectivity index (χ0v) is 13.8. The quantitative estimate of drug-likeness (QED) is 0.858. The van der Waals surface area contributed by atoms with Crippen molar-refractivity contribution >= 4 is 44.6 Å². The van der Waals surface area contributed by atoms with Gasteiger partial charge in [0.2, 0.25) is 0 Å². The smallest absolute Gasteiger partial charge is 0.263 e. The maximum Gasteiger partial charge on any atom is 0.263 e. The summed E-state index contributed by atoms with van der Waals surface area (Å²) in [5.41, 5.74) is 6.94. The van der Waals surface area contributed by atoms with E-state index in [-0.39, 0.29) is 11.9 Å². The number of fused-ring (bicyclic) bond motifs is 1. The number of carbonyl (C=O) groups excluding carboxylic acids is 1.